The van der Waals surface area contributed by atoms with Gasteiger partial charge >= 0.3 is 5.91 Å². The molecule has 158 valence electrons. The first kappa shape index (κ1) is 20.6. The number of rotatable bonds is 6. The van der Waals surface area contributed by atoms with E-state index in [1.165, 1.54) is 16.2 Å². The SMILES string of the molecule is CCOc1ccc(/C(O)=C2\C(=O)C(=O)N(c3nccs3)[C@@H]2c2ccc(OC)cc2)cc1. The highest BCUT2D eigenvalue weighted by Crippen LogP contribution is 2.43. The van der Waals surface area contributed by atoms with E-state index < -0.39 is 17.7 Å². The van der Waals surface area contributed by atoms with Crippen molar-refractivity contribution in [2.75, 3.05) is 18.6 Å². The van der Waals surface area contributed by atoms with Crippen molar-refractivity contribution in [1.29, 1.82) is 0 Å². The number of Topliss-reactive ketones (excluding diaryl/α,β-unsaturated/α-hetero) is 1. The Hall–Kier alpha value is -3.65. The maximum absolute atomic E-state index is 13.0. The first-order valence-corrected chi connectivity index (χ1v) is 10.5. The van der Waals surface area contributed by atoms with Crippen molar-refractivity contribution in [3.63, 3.8) is 0 Å². The summed E-state index contributed by atoms with van der Waals surface area (Å²) in [4.78, 5) is 31.5. The average molecular weight is 436 g/mol. The summed E-state index contributed by atoms with van der Waals surface area (Å²) in [5.41, 5.74) is 1.08. The van der Waals surface area contributed by atoms with E-state index >= 15 is 0 Å². The van der Waals surface area contributed by atoms with Gasteiger partial charge in [0, 0.05) is 17.1 Å². The van der Waals surface area contributed by atoms with E-state index in [0.717, 1.165) is 0 Å². The third kappa shape index (κ3) is 3.77. The number of aromatic nitrogens is 1. The van der Waals surface area contributed by atoms with Gasteiger partial charge in [-0.25, -0.2) is 4.98 Å². The molecule has 0 radical (unpaired) electrons. The molecular formula is C23H20N2O5S. The minimum atomic E-state index is -0.816. The predicted octanol–water partition coefficient (Wildman–Crippen LogP) is 4.18. The van der Waals surface area contributed by atoms with E-state index in [0.29, 0.717) is 34.4 Å². The van der Waals surface area contributed by atoms with Gasteiger partial charge in [0.05, 0.1) is 25.3 Å². The minimum Gasteiger partial charge on any atom is -0.507 e. The molecule has 3 aromatic rings. The lowest BCUT2D eigenvalue weighted by atomic mass is 9.95. The molecule has 1 aromatic heterocycles. The third-order valence-corrected chi connectivity index (χ3v) is 5.71. The van der Waals surface area contributed by atoms with Crippen LogP contribution in [0.25, 0.3) is 5.76 Å². The van der Waals surface area contributed by atoms with Crippen LogP contribution in [0.15, 0.2) is 65.7 Å². The Balaban J connectivity index is 1.85. The molecule has 1 saturated heterocycles. The second kappa shape index (κ2) is 8.61. The number of anilines is 1. The number of nitrogens with zero attached hydrogens (tertiary/aromatic N) is 2. The van der Waals surface area contributed by atoms with Crippen LogP contribution in [0.5, 0.6) is 11.5 Å². The number of benzene rings is 2. The fraction of sp³-hybridized carbons (Fsp3) is 0.174. The number of aliphatic hydroxyl groups excluding tert-OH is 1. The van der Waals surface area contributed by atoms with Crippen LogP contribution in [0.4, 0.5) is 5.13 Å². The summed E-state index contributed by atoms with van der Waals surface area (Å²) in [6, 6.07) is 12.9. The summed E-state index contributed by atoms with van der Waals surface area (Å²) in [7, 11) is 1.56. The molecule has 7 nitrogen and oxygen atoms in total. The van der Waals surface area contributed by atoms with Crippen LogP contribution < -0.4 is 14.4 Å². The van der Waals surface area contributed by atoms with Crippen molar-refractivity contribution >= 4 is 33.9 Å². The molecule has 0 bridgehead atoms. The van der Waals surface area contributed by atoms with Gasteiger partial charge in [-0.2, -0.15) is 0 Å². The molecule has 0 saturated carbocycles. The van der Waals surface area contributed by atoms with Crippen molar-refractivity contribution < 1.29 is 24.2 Å². The number of aliphatic hydroxyl groups is 1. The second-order valence-corrected chi connectivity index (χ2v) is 7.59. The Bertz CT molecular complexity index is 1120. The van der Waals surface area contributed by atoms with Crippen molar-refractivity contribution in [1.82, 2.24) is 4.98 Å². The number of carbonyl (C=O) groups is 2. The van der Waals surface area contributed by atoms with Gasteiger partial charge in [0.25, 0.3) is 5.78 Å². The van der Waals surface area contributed by atoms with Crippen molar-refractivity contribution in [2.24, 2.45) is 0 Å². The van der Waals surface area contributed by atoms with Crippen LogP contribution >= 0.6 is 11.3 Å². The molecule has 8 heteroatoms. The van der Waals surface area contributed by atoms with Gasteiger partial charge in [-0.3, -0.25) is 14.5 Å². The van der Waals surface area contributed by atoms with E-state index in [9.17, 15) is 14.7 Å². The topological polar surface area (TPSA) is 89.0 Å². The highest BCUT2D eigenvalue weighted by Gasteiger charge is 2.47. The largest absolute Gasteiger partial charge is 0.507 e. The Labute approximate surface area is 183 Å². The van der Waals surface area contributed by atoms with Crippen LogP contribution in [0.3, 0.4) is 0 Å². The minimum absolute atomic E-state index is 0.00882. The predicted molar refractivity (Wildman–Crippen MR) is 118 cm³/mol. The summed E-state index contributed by atoms with van der Waals surface area (Å²) >= 11 is 1.25. The van der Waals surface area contributed by atoms with E-state index in [2.05, 4.69) is 4.98 Å². The zero-order valence-electron chi connectivity index (χ0n) is 16.9. The molecular weight excluding hydrogens is 416 g/mol. The fourth-order valence-electron chi connectivity index (χ4n) is 3.50. The van der Waals surface area contributed by atoms with Gasteiger partial charge in [0.2, 0.25) is 0 Å². The van der Waals surface area contributed by atoms with Gasteiger partial charge in [-0.05, 0) is 48.9 Å². The van der Waals surface area contributed by atoms with E-state index in [4.69, 9.17) is 9.47 Å². The molecule has 0 unspecified atom stereocenters. The molecule has 1 fully saturated rings. The summed E-state index contributed by atoms with van der Waals surface area (Å²) in [5, 5.41) is 13.2. The standard InChI is InChI=1S/C23H20N2O5S/c1-3-30-17-10-6-15(7-11-17)20(26)18-19(14-4-8-16(29-2)9-5-14)25(22(28)21(18)27)23-24-12-13-31-23/h4-13,19,26H,3H2,1-2H3/b20-18+/t19-/m1/s1. The van der Waals surface area contributed by atoms with E-state index in [1.54, 1.807) is 67.2 Å². The lowest BCUT2D eigenvalue weighted by Gasteiger charge is -2.23. The maximum atomic E-state index is 13.0. The van der Waals surface area contributed by atoms with Crippen molar-refractivity contribution in [2.45, 2.75) is 13.0 Å². The fourth-order valence-corrected chi connectivity index (χ4v) is 4.16. The molecule has 1 aliphatic rings. The zero-order chi connectivity index (χ0) is 22.0. The first-order chi connectivity index (χ1) is 15.0. The average Bonchev–Trinajstić information content (AvgIpc) is 3.41. The quantitative estimate of drug-likeness (QED) is 0.354. The van der Waals surface area contributed by atoms with E-state index in [-0.39, 0.29) is 11.3 Å². The van der Waals surface area contributed by atoms with Gasteiger partial charge in [0.1, 0.15) is 17.3 Å². The molecule has 31 heavy (non-hydrogen) atoms. The molecule has 1 N–H and O–H groups in total. The second-order valence-electron chi connectivity index (χ2n) is 6.71. The van der Waals surface area contributed by atoms with E-state index in [1.807, 2.05) is 6.92 Å². The monoisotopic (exact) mass is 436 g/mol. The van der Waals surface area contributed by atoms with Crippen molar-refractivity contribution in [3.8, 4) is 11.5 Å². The number of ether oxygens (including phenoxy) is 2. The molecule has 1 atom stereocenters. The van der Waals surface area contributed by atoms with Gasteiger partial charge < -0.3 is 14.6 Å². The highest BCUT2D eigenvalue weighted by atomic mass is 32.1. The highest BCUT2D eigenvalue weighted by molar-refractivity contribution is 7.14. The molecule has 0 spiro atoms. The molecule has 1 amide bonds. The Kier molecular flexibility index (Phi) is 5.73. The van der Waals surface area contributed by atoms with Gasteiger partial charge in [-0.15, -0.1) is 11.3 Å². The van der Waals surface area contributed by atoms with Gasteiger partial charge in [0.15, 0.2) is 5.13 Å². The Morgan fingerprint density at radius 2 is 1.77 bits per heavy atom. The number of hydrogen-bond acceptors (Lipinski definition) is 7. The van der Waals surface area contributed by atoms with Gasteiger partial charge in [-0.1, -0.05) is 12.1 Å². The molecule has 0 aliphatic carbocycles. The number of methoxy groups -OCH3 is 1. The normalized spacial score (nSPS) is 17.7. The lowest BCUT2D eigenvalue weighted by molar-refractivity contribution is -0.132. The van der Waals surface area contributed by atoms with Crippen LogP contribution in [-0.2, 0) is 9.59 Å². The van der Waals surface area contributed by atoms with Crippen LogP contribution in [0.2, 0.25) is 0 Å². The molecule has 2 aromatic carbocycles. The molecule has 4 rings (SSSR count). The number of hydrogen-bond donors (Lipinski definition) is 1. The summed E-state index contributed by atoms with van der Waals surface area (Å²) in [6.45, 7) is 2.39. The Morgan fingerprint density at radius 3 is 2.35 bits per heavy atom. The summed E-state index contributed by atoms with van der Waals surface area (Å²) < 4.78 is 10.7. The third-order valence-electron chi connectivity index (χ3n) is 4.94. The summed E-state index contributed by atoms with van der Waals surface area (Å²) in [5.74, 6) is -0.456. The first-order valence-electron chi connectivity index (χ1n) is 9.62. The zero-order valence-corrected chi connectivity index (χ0v) is 17.8. The maximum Gasteiger partial charge on any atom is 0.301 e. The van der Waals surface area contributed by atoms with Crippen LogP contribution in [0, 0.1) is 0 Å². The van der Waals surface area contributed by atoms with Crippen molar-refractivity contribution in [3.05, 3.63) is 76.8 Å². The smallest absolute Gasteiger partial charge is 0.301 e. The number of amides is 1. The number of carbonyl (C=O) groups excluding carboxylic acids is 2. The molecule has 2 heterocycles. The summed E-state index contributed by atoms with van der Waals surface area (Å²) in [6.07, 6.45) is 1.57. The van der Waals surface area contributed by atoms with Crippen LogP contribution in [0.1, 0.15) is 24.1 Å². The number of ketones is 1. The molecule has 1 aliphatic heterocycles. The number of thiazole rings is 1. The lowest BCUT2D eigenvalue weighted by Crippen LogP contribution is -2.29. The Morgan fingerprint density at radius 1 is 1.10 bits per heavy atom. The van der Waals surface area contributed by atoms with Crippen LogP contribution in [-0.4, -0.2) is 35.5 Å².